The van der Waals surface area contributed by atoms with E-state index in [4.69, 9.17) is 23.2 Å². The molecule has 10 saturated heterocycles. The Kier molecular flexibility index (Phi) is 0.367. The quantitative estimate of drug-likeness (QED) is 0.402. The van der Waals surface area contributed by atoms with E-state index in [2.05, 4.69) is 0 Å². The van der Waals surface area contributed by atoms with E-state index < -0.39 is 6.51 Å². The van der Waals surface area contributed by atoms with E-state index in [1.807, 2.05) is 0 Å². The van der Waals surface area contributed by atoms with Gasteiger partial charge in [-0.05, 0) is 0 Å². The Bertz CT molecular complexity index is 919. The third-order valence-electron chi connectivity index (χ3n) is 16.8. The average Bonchev–Trinajstić information content (AvgIpc) is 3.36. The van der Waals surface area contributed by atoms with Gasteiger partial charge in [0.1, 0.15) is 0 Å². The van der Waals surface area contributed by atoms with Crippen molar-refractivity contribution >= 4 is 23.2 Å². The molecular formula is C16H20Cl2Fe. The summed E-state index contributed by atoms with van der Waals surface area (Å²) in [6, 6.07) is 0. The van der Waals surface area contributed by atoms with Crippen LogP contribution in [0, 0.1) is 0 Å². The Labute approximate surface area is 114 Å². The van der Waals surface area contributed by atoms with Gasteiger partial charge in [-0.1, -0.05) is 0 Å². The molecule has 3 heteroatoms. The van der Waals surface area contributed by atoms with Crippen LogP contribution in [0.1, 0.15) is 25.7 Å². The van der Waals surface area contributed by atoms with E-state index in [1.165, 1.54) is 51.4 Å². The van der Waals surface area contributed by atoms with E-state index >= 15 is 0 Å². The fourth-order valence-electron chi connectivity index (χ4n) is 19.5. The van der Waals surface area contributed by atoms with E-state index in [-0.39, 0.29) is 0 Å². The molecule has 0 nitrogen and oxygen atoms in total. The predicted molar refractivity (Wildman–Crippen MR) is 75.3 cm³/mol. The van der Waals surface area contributed by atoms with Crippen molar-refractivity contribution in [2.45, 2.75) is 72.8 Å². The van der Waals surface area contributed by atoms with Gasteiger partial charge in [-0.15, -0.1) is 0 Å². The zero-order valence-electron chi connectivity index (χ0n) is 11.0. The zero-order valence-corrected chi connectivity index (χ0v) is 13.6. The monoisotopic (exact) mass is 338 g/mol. The van der Waals surface area contributed by atoms with Crippen molar-refractivity contribution in [3.63, 3.8) is 0 Å². The summed E-state index contributed by atoms with van der Waals surface area (Å²) in [5.74, 6) is 1.87. The molecule has 10 rings (SSSR count). The Hall–Kier alpha value is 1.10. The van der Waals surface area contributed by atoms with Crippen LogP contribution >= 0.6 is 23.2 Å². The second kappa shape index (κ2) is 0.806. The van der Waals surface area contributed by atoms with Crippen molar-refractivity contribution in [2.24, 2.45) is 0 Å². The van der Waals surface area contributed by atoms with Gasteiger partial charge in [0.25, 0.3) is 0 Å². The summed E-state index contributed by atoms with van der Waals surface area (Å²) >= 11 is 12.2. The SMILES string of the molecule is ClCCC[C]12[CH]3[CH]4[CH]5[CH]1[Fe]45321678[CH]2[CH]1[CH]6[C]7(CCCCl)[CH]28. The fraction of sp³-hybridized carbons (Fsp3) is 1.00. The van der Waals surface area contributed by atoms with Crippen LogP contribution in [-0.2, 0) is 6.51 Å². The molecule has 0 bridgehead atoms. The van der Waals surface area contributed by atoms with Crippen LogP contribution in [0.25, 0.3) is 0 Å². The molecule has 0 aromatic rings. The molecule has 0 aromatic carbocycles. The molecule has 0 aliphatic carbocycles. The summed E-state index contributed by atoms with van der Waals surface area (Å²) in [7, 11) is 0. The van der Waals surface area contributed by atoms with Gasteiger partial charge < -0.3 is 0 Å². The molecule has 10 aliphatic rings. The van der Waals surface area contributed by atoms with Gasteiger partial charge in [-0.25, -0.2) is 0 Å². The van der Waals surface area contributed by atoms with E-state index in [1.54, 1.807) is 12.8 Å². The first-order valence-corrected chi connectivity index (χ1v) is 15.7. The average molecular weight is 339 g/mol. The molecule has 10 fully saturated rings. The summed E-state index contributed by atoms with van der Waals surface area (Å²) in [4.78, 5) is 11.5. The number of hydrogen-bond donors (Lipinski definition) is 0. The Morgan fingerprint density at radius 3 is 1.32 bits per heavy atom. The second-order valence-corrected chi connectivity index (χ2v) is 35.9. The van der Waals surface area contributed by atoms with Gasteiger partial charge in [0, 0.05) is 0 Å². The molecule has 0 saturated carbocycles. The summed E-state index contributed by atoms with van der Waals surface area (Å²) in [5, 5.41) is 0. The van der Waals surface area contributed by atoms with Gasteiger partial charge in [-0.3, -0.25) is 0 Å². The number of hydrogen-bond acceptors (Lipinski definition) is 0. The van der Waals surface area contributed by atoms with Crippen LogP contribution in [0.5, 0.6) is 0 Å². The summed E-state index contributed by atoms with van der Waals surface area (Å²) in [5.41, 5.74) is 0. The van der Waals surface area contributed by atoms with E-state index in [0.717, 1.165) is 20.4 Å². The molecule has 8 atom stereocenters. The maximum atomic E-state index is 6.09. The molecule has 0 aromatic heterocycles. The number of alkyl halides is 2. The summed E-state index contributed by atoms with van der Waals surface area (Å²) in [6.07, 6.45) is 5.92. The molecule has 0 radical (unpaired) electrons. The number of halogens is 2. The molecule has 1 spiro atoms. The van der Waals surface area contributed by atoms with Crippen LogP contribution in [0.2, 0.25) is 47.2 Å². The van der Waals surface area contributed by atoms with Crippen molar-refractivity contribution < 1.29 is 6.51 Å². The molecule has 10 aliphatic heterocycles. The first-order valence-electron chi connectivity index (χ1n) is 8.38. The van der Waals surface area contributed by atoms with Crippen molar-refractivity contribution in [3.8, 4) is 0 Å². The Morgan fingerprint density at radius 2 is 1.05 bits per heavy atom. The normalized spacial score (nSPS) is 112. The van der Waals surface area contributed by atoms with Crippen LogP contribution in [0.4, 0.5) is 0 Å². The molecule has 0 N–H and O–H groups in total. The number of rotatable bonds is 6. The third-order valence-corrected chi connectivity index (χ3v) is 61.5. The minimum absolute atomic E-state index is 0.933. The predicted octanol–water partition coefficient (Wildman–Crippen LogP) is 6.15. The maximum absolute atomic E-state index is 6.09. The van der Waals surface area contributed by atoms with Crippen molar-refractivity contribution in [1.82, 2.24) is 0 Å². The molecule has 19 heavy (non-hydrogen) atoms. The Morgan fingerprint density at radius 1 is 0.684 bits per heavy atom. The molecule has 106 valence electrons. The zero-order chi connectivity index (χ0) is 12.2. The molecular weight excluding hydrogens is 319 g/mol. The topological polar surface area (TPSA) is 0 Å². The van der Waals surface area contributed by atoms with Crippen LogP contribution < -0.4 is 0 Å². The number of fused-ring (bicyclic) bond motifs is 10. The van der Waals surface area contributed by atoms with Crippen molar-refractivity contribution in [3.05, 3.63) is 0 Å². The fourth-order valence-corrected chi connectivity index (χ4v) is 98.3. The van der Waals surface area contributed by atoms with Gasteiger partial charge >= 0.3 is 114 Å². The minimum atomic E-state index is -2.97. The second-order valence-electron chi connectivity index (χ2n) is 11.7. The first kappa shape index (κ1) is 8.66. The molecule has 10 heterocycles. The van der Waals surface area contributed by atoms with Gasteiger partial charge in [-0.2, -0.15) is 0 Å². The van der Waals surface area contributed by atoms with Gasteiger partial charge in [0.05, 0.1) is 0 Å². The van der Waals surface area contributed by atoms with Gasteiger partial charge in [0.15, 0.2) is 0 Å². The van der Waals surface area contributed by atoms with Crippen LogP contribution in [0.3, 0.4) is 0 Å². The first-order chi connectivity index (χ1) is 9.05. The van der Waals surface area contributed by atoms with Crippen LogP contribution in [-0.4, -0.2) is 11.8 Å². The van der Waals surface area contributed by atoms with Gasteiger partial charge in [0.2, 0.25) is 0 Å². The van der Waals surface area contributed by atoms with Crippen molar-refractivity contribution in [2.75, 3.05) is 11.8 Å². The summed E-state index contributed by atoms with van der Waals surface area (Å²) < 4.78 is 2.16. The standard InChI is InChI=1S/2C8H10Cl.Fe/c2*9-7-3-6-8-4-1-2-5-8;/h2*1-2,4-5H,3,6-7H2;. The summed E-state index contributed by atoms with van der Waals surface area (Å²) in [6.45, 7) is -2.97. The van der Waals surface area contributed by atoms with E-state index in [9.17, 15) is 0 Å². The molecule has 0 amide bonds. The third kappa shape index (κ3) is 0.0993. The van der Waals surface area contributed by atoms with Crippen LogP contribution in [0.15, 0.2) is 0 Å². The molecule has 8 unspecified atom stereocenters. The Balaban J connectivity index is 1.40. The van der Waals surface area contributed by atoms with Crippen molar-refractivity contribution in [1.29, 1.82) is 0 Å². The van der Waals surface area contributed by atoms with E-state index in [0.29, 0.717) is 0 Å².